The Kier molecular flexibility index (Phi) is 6.38. The quantitative estimate of drug-likeness (QED) is 0.373. The summed E-state index contributed by atoms with van der Waals surface area (Å²) in [6.45, 7) is 7.53. The third kappa shape index (κ3) is 4.21. The van der Waals surface area contributed by atoms with Gasteiger partial charge in [-0.15, -0.1) is 0 Å². The van der Waals surface area contributed by atoms with Crippen molar-refractivity contribution >= 4 is 11.5 Å². The maximum absolute atomic E-state index is 10.0. The standard InChI is InChI=1S/C29H34N4O/c1-4-5-11-25-28(22-14-12-20(2)13-15-22)29-30-27(32-16-7-10-24(32)19-34)18-26(33(29)31-25)23-9-6-8-21(3)17-23/h6,8-9,12-15,17-18,24,34H,4-5,7,10-11,16,19H2,1-3H3/t24-/m0/s1. The van der Waals surface area contributed by atoms with E-state index in [1.54, 1.807) is 0 Å². The second kappa shape index (κ2) is 9.59. The zero-order chi connectivity index (χ0) is 23.7. The minimum Gasteiger partial charge on any atom is -0.394 e. The Hall–Kier alpha value is -3.18. The van der Waals surface area contributed by atoms with Gasteiger partial charge < -0.3 is 10.0 Å². The van der Waals surface area contributed by atoms with Crippen molar-refractivity contribution in [2.24, 2.45) is 0 Å². The summed E-state index contributed by atoms with van der Waals surface area (Å²) in [5.41, 5.74) is 8.92. The van der Waals surface area contributed by atoms with Gasteiger partial charge in [0.1, 0.15) is 5.82 Å². The lowest BCUT2D eigenvalue weighted by Gasteiger charge is -2.25. The lowest BCUT2D eigenvalue weighted by molar-refractivity contribution is 0.266. The summed E-state index contributed by atoms with van der Waals surface area (Å²) in [4.78, 5) is 7.48. The van der Waals surface area contributed by atoms with Gasteiger partial charge in [-0.1, -0.05) is 66.9 Å². The van der Waals surface area contributed by atoms with Gasteiger partial charge in [0.2, 0.25) is 0 Å². The number of benzene rings is 2. The van der Waals surface area contributed by atoms with E-state index in [2.05, 4.69) is 80.3 Å². The molecule has 1 atom stereocenters. The molecule has 4 aromatic rings. The highest BCUT2D eigenvalue weighted by Crippen LogP contribution is 2.35. The molecule has 0 aliphatic carbocycles. The van der Waals surface area contributed by atoms with Gasteiger partial charge in [0.25, 0.3) is 0 Å². The molecule has 1 aliphatic heterocycles. The lowest BCUT2D eigenvalue weighted by atomic mass is 10.0. The van der Waals surface area contributed by atoms with Crippen LogP contribution in [0.15, 0.2) is 54.6 Å². The van der Waals surface area contributed by atoms with Gasteiger partial charge in [-0.05, 0) is 51.2 Å². The normalized spacial score (nSPS) is 16.0. The molecular weight excluding hydrogens is 420 g/mol. The van der Waals surface area contributed by atoms with Crippen molar-refractivity contribution in [1.82, 2.24) is 14.6 Å². The molecule has 3 heterocycles. The van der Waals surface area contributed by atoms with E-state index in [1.807, 2.05) is 4.52 Å². The molecule has 1 N–H and O–H groups in total. The van der Waals surface area contributed by atoms with E-state index < -0.39 is 0 Å². The third-order valence-electron chi connectivity index (χ3n) is 6.95. The van der Waals surface area contributed by atoms with E-state index >= 15 is 0 Å². The van der Waals surface area contributed by atoms with Gasteiger partial charge in [0, 0.05) is 23.7 Å². The second-order valence-electron chi connectivity index (χ2n) is 9.57. The van der Waals surface area contributed by atoms with Gasteiger partial charge in [-0.3, -0.25) is 0 Å². The van der Waals surface area contributed by atoms with E-state index in [0.29, 0.717) is 0 Å². The van der Waals surface area contributed by atoms with Crippen LogP contribution in [0.1, 0.15) is 49.4 Å². The number of nitrogens with zero attached hydrogens (tertiary/aromatic N) is 4. The summed E-state index contributed by atoms with van der Waals surface area (Å²) in [5, 5.41) is 15.2. The number of hydrogen-bond donors (Lipinski definition) is 1. The number of fused-ring (bicyclic) bond motifs is 1. The monoisotopic (exact) mass is 454 g/mol. The Morgan fingerprint density at radius 3 is 2.56 bits per heavy atom. The predicted molar refractivity (Wildman–Crippen MR) is 139 cm³/mol. The van der Waals surface area contributed by atoms with Gasteiger partial charge >= 0.3 is 0 Å². The summed E-state index contributed by atoms with van der Waals surface area (Å²) >= 11 is 0. The van der Waals surface area contributed by atoms with Crippen molar-refractivity contribution in [3.8, 4) is 22.4 Å². The van der Waals surface area contributed by atoms with Gasteiger partial charge in [0.15, 0.2) is 5.65 Å². The number of rotatable bonds is 7. The van der Waals surface area contributed by atoms with Crippen LogP contribution in [0.2, 0.25) is 0 Å². The number of aliphatic hydroxyl groups is 1. The van der Waals surface area contributed by atoms with E-state index in [4.69, 9.17) is 10.1 Å². The number of aromatic nitrogens is 3. The molecule has 0 spiro atoms. The molecule has 176 valence electrons. The molecule has 0 radical (unpaired) electrons. The molecule has 1 saturated heterocycles. The number of anilines is 1. The Balaban J connectivity index is 1.79. The molecule has 1 aliphatic rings. The number of unbranched alkanes of at least 4 members (excludes halogenated alkanes) is 1. The van der Waals surface area contributed by atoms with Gasteiger partial charge in [0.05, 0.1) is 24.0 Å². The SMILES string of the molecule is CCCCc1nn2c(-c3cccc(C)c3)cc(N3CCC[C@H]3CO)nc2c1-c1ccc(C)cc1. The van der Waals surface area contributed by atoms with Crippen LogP contribution in [0.5, 0.6) is 0 Å². The molecule has 2 aromatic carbocycles. The van der Waals surface area contributed by atoms with Crippen LogP contribution in [0, 0.1) is 13.8 Å². The highest BCUT2D eigenvalue weighted by atomic mass is 16.3. The fourth-order valence-electron chi connectivity index (χ4n) is 5.07. The minimum atomic E-state index is 0.116. The number of aliphatic hydroxyl groups excluding tert-OH is 1. The third-order valence-corrected chi connectivity index (χ3v) is 6.95. The Labute approximate surface area is 202 Å². The van der Waals surface area contributed by atoms with Crippen LogP contribution in [0.4, 0.5) is 5.82 Å². The maximum atomic E-state index is 10.0. The van der Waals surface area contributed by atoms with Crippen molar-refractivity contribution in [2.45, 2.75) is 58.9 Å². The van der Waals surface area contributed by atoms with Crippen LogP contribution in [0.25, 0.3) is 28.0 Å². The van der Waals surface area contributed by atoms with Gasteiger partial charge in [-0.2, -0.15) is 5.10 Å². The molecule has 0 amide bonds. The predicted octanol–water partition coefficient (Wildman–Crippen LogP) is 5.98. The molecule has 5 rings (SSSR count). The summed E-state index contributed by atoms with van der Waals surface area (Å²) in [5.74, 6) is 0.927. The number of hydrogen-bond acceptors (Lipinski definition) is 4. The first-order valence-corrected chi connectivity index (χ1v) is 12.5. The molecule has 0 bridgehead atoms. The molecule has 34 heavy (non-hydrogen) atoms. The molecule has 5 nitrogen and oxygen atoms in total. The van der Waals surface area contributed by atoms with Crippen molar-refractivity contribution in [1.29, 1.82) is 0 Å². The fraction of sp³-hybridized carbons (Fsp3) is 0.379. The van der Waals surface area contributed by atoms with E-state index in [1.165, 1.54) is 11.1 Å². The van der Waals surface area contributed by atoms with Crippen molar-refractivity contribution < 1.29 is 5.11 Å². The molecule has 0 unspecified atom stereocenters. The summed E-state index contributed by atoms with van der Waals surface area (Å²) in [7, 11) is 0. The smallest absolute Gasteiger partial charge is 0.166 e. The van der Waals surface area contributed by atoms with Crippen LogP contribution >= 0.6 is 0 Å². The first kappa shape index (κ1) is 22.6. The van der Waals surface area contributed by atoms with Crippen LogP contribution in [-0.2, 0) is 6.42 Å². The van der Waals surface area contributed by atoms with Crippen LogP contribution in [-0.4, -0.2) is 38.9 Å². The molecule has 2 aromatic heterocycles. The molecular formula is C29H34N4O. The topological polar surface area (TPSA) is 53.7 Å². The van der Waals surface area contributed by atoms with E-state index in [-0.39, 0.29) is 12.6 Å². The van der Waals surface area contributed by atoms with E-state index in [9.17, 15) is 5.11 Å². The summed E-state index contributed by atoms with van der Waals surface area (Å²) in [6.07, 6.45) is 5.21. The van der Waals surface area contributed by atoms with Crippen molar-refractivity contribution in [3.63, 3.8) is 0 Å². The molecule has 5 heteroatoms. The first-order chi connectivity index (χ1) is 16.6. The zero-order valence-electron chi connectivity index (χ0n) is 20.5. The fourth-order valence-corrected chi connectivity index (χ4v) is 5.07. The van der Waals surface area contributed by atoms with Crippen molar-refractivity contribution in [2.75, 3.05) is 18.1 Å². The van der Waals surface area contributed by atoms with Gasteiger partial charge in [-0.25, -0.2) is 9.50 Å². The Morgan fingerprint density at radius 1 is 1.00 bits per heavy atom. The second-order valence-corrected chi connectivity index (χ2v) is 9.57. The molecule has 0 saturated carbocycles. The first-order valence-electron chi connectivity index (χ1n) is 12.5. The largest absolute Gasteiger partial charge is 0.394 e. The average Bonchev–Trinajstić information content (AvgIpc) is 3.47. The van der Waals surface area contributed by atoms with E-state index in [0.717, 1.165) is 78.2 Å². The highest BCUT2D eigenvalue weighted by Gasteiger charge is 2.27. The highest BCUT2D eigenvalue weighted by molar-refractivity contribution is 5.83. The van der Waals surface area contributed by atoms with Crippen LogP contribution < -0.4 is 4.90 Å². The summed E-state index contributed by atoms with van der Waals surface area (Å²) in [6, 6.07) is 19.6. The van der Waals surface area contributed by atoms with Crippen molar-refractivity contribution in [3.05, 3.63) is 71.4 Å². The summed E-state index contributed by atoms with van der Waals surface area (Å²) < 4.78 is 2.04. The lowest BCUT2D eigenvalue weighted by Crippen LogP contribution is -2.32. The maximum Gasteiger partial charge on any atom is 0.166 e. The Morgan fingerprint density at radius 2 is 1.82 bits per heavy atom. The average molecular weight is 455 g/mol. The Bertz CT molecular complexity index is 1290. The zero-order valence-corrected chi connectivity index (χ0v) is 20.5. The minimum absolute atomic E-state index is 0.116. The number of aryl methyl sites for hydroxylation is 3. The molecule has 1 fully saturated rings. The van der Waals surface area contributed by atoms with Crippen LogP contribution in [0.3, 0.4) is 0 Å².